The number of hydrazine groups is 1. The molecule has 0 aliphatic carbocycles. The van der Waals surface area contributed by atoms with Gasteiger partial charge in [-0.1, -0.05) is 35.3 Å². The van der Waals surface area contributed by atoms with Crippen LogP contribution in [-0.2, 0) is 20.4 Å². The number of hydrogen-bond donors (Lipinski definition) is 2. The minimum atomic E-state index is -0.839. The molecule has 3 aliphatic heterocycles. The molecule has 3 fully saturated rings. The zero-order valence-corrected chi connectivity index (χ0v) is 31.9. The fourth-order valence-electron chi connectivity index (χ4n) is 8.20. The Labute approximate surface area is 320 Å². The molecule has 0 bridgehead atoms. The maximum Gasteiger partial charge on any atom is 0.307 e. The number of carbonyl (C=O) groups is 3. The number of piperidine rings is 2. The molecule has 3 saturated heterocycles. The number of carboxylic acids is 1. The lowest BCUT2D eigenvalue weighted by Gasteiger charge is -2.43. The van der Waals surface area contributed by atoms with E-state index in [-0.39, 0.29) is 18.4 Å². The molecule has 2 atom stereocenters. The molecule has 0 spiro atoms. The molecule has 0 radical (unpaired) electrons. The van der Waals surface area contributed by atoms with Gasteiger partial charge in [0, 0.05) is 49.6 Å². The van der Waals surface area contributed by atoms with E-state index in [1.54, 1.807) is 29.5 Å². The summed E-state index contributed by atoms with van der Waals surface area (Å²) in [5.41, 5.74) is 4.21. The number of hydrogen-bond acceptors (Lipinski definition) is 9. The first-order valence-electron chi connectivity index (χ1n) is 18.0. The van der Waals surface area contributed by atoms with Crippen LogP contribution in [0.1, 0.15) is 60.0 Å². The largest absolute Gasteiger partial charge is 0.493 e. The molecule has 2 aromatic carbocycles. The molecule has 2 unspecified atom stereocenters. The van der Waals surface area contributed by atoms with Crippen molar-refractivity contribution in [1.29, 1.82) is 0 Å². The van der Waals surface area contributed by atoms with Gasteiger partial charge < -0.3 is 29.1 Å². The molecule has 14 heteroatoms. The maximum atomic E-state index is 14.1. The lowest BCUT2D eigenvalue weighted by atomic mass is 9.72. The minimum absolute atomic E-state index is 0.125. The molecule has 3 aliphatic rings. The Morgan fingerprint density at radius 2 is 1.66 bits per heavy atom. The van der Waals surface area contributed by atoms with Crippen LogP contribution in [0.3, 0.4) is 0 Å². The fraction of sp³-hybridized carbons (Fsp3) is 0.487. The summed E-state index contributed by atoms with van der Waals surface area (Å²) in [6.45, 7) is 4.00. The number of carboxylic acid groups (broad SMARTS) is 1. The predicted octanol–water partition coefficient (Wildman–Crippen LogP) is 5.45. The summed E-state index contributed by atoms with van der Waals surface area (Å²) in [6, 6.07) is 12.9. The molecule has 4 heterocycles. The number of methoxy groups -OCH3 is 3. The van der Waals surface area contributed by atoms with Crippen molar-refractivity contribution in [2.24, 2.45) is 5.92 Å². The number of halogens is 2. The number of likely N-dealkylation sites (tertiary alicyclic amines) is 2. The van der Waals surface area contributed by atoms with Gasteiger partial charge in [-0.2, -0.15) is 0 Å². The molecule has 2 N–H and O–H groups in total. The summed E-state index contributed by atoms with van der Waals surface area (Å²) in [5, 5.41) is 12.3. The van der Waals surface area contributed by atoms with Crippen LogP contribution in [0.15, 0.2) is 54.9 Å². The number of nitrogens with one attached hydrogen (secondary N) is 1. The van der Waals surface area contributed by atoms with Crippen LogP contribution in [0.4, 0.5) is 0 Å². The van der Waals surface area contributed by atoms with Gasteiger partial charge in [0.15, 0.2) is 11.5 Å². The quantitative estimate of drug-likeness (QED) is 0.245. The lowest BCUT2D eigenvalue weighted by Crippen LogP contribution is -2.58. The first-order valence-corrected chi connectivity index (χ1v) is 18.7. The summed E-state index contributed by atoms with van der Waals surface area (Å²) in [7, 11) is 4.57. The number of amides is 2. The summed E-state index contributed by atoms with van der Waals surface area (Å²) >= 11 is 12.9. The van der Waals surface area contributed by atoms with E-state index in [9.17, 15) is 19.5 Å². The minimum Gasteiger partial charge on any atom is -0.493 e. The highest BCUT2D eigenvalue weighted by Gasteiger charge is 2.46. The van der Waals surface area contributed by atoms with Gasteiger partial charge in [-0.25, -0.2) is 5.01 Å². The number of pyridine rings is 1. The lowest BCUT2D eigenvalue weighted by molar-refractivity contribution is -0.146. The third-order valence-corrected chi connectivity index (χ3v) is 12.1. The summed E-state index contributed by atoms with van der Waals surface area (Å²) in [5.74, 6) is -0.373. The van der Waals surface area contributed by atoms with E-state index in [0.717, 1.165) is 30.5 Å². The van der Waals surface area contributed by atoms with E-state index in [1.807, 2.05) is 35.2 Å². The number of benzene rings is 2. The molecule has 12 nitrogen and oxygen atoms in total. The normalized spacial score (nSPS) is 21.9. The van der Waals surface area contributed by atoms with Crippen LogP contribution in [-0.4, -0.2) is 110 Å². The zero-order valence-electron chi connectivity index (χ0n) is 30.4. The smallest absolute Gasteiger partial charge is 0.307 e. The average Bonchev–Trinajstić information content (AvgIpc) is 3.63. The van der Waals surface area contributed by atoms with Crippen LogP contribution < -0.4 is 19.6 Å². The summed E-state index contributed by atoms with van der Waals surface area (Å²) in [6.07, 6.45) is 7.40. The summed E-state index contributed by atoms with van der Waals surface area (Å²) in [4.78, 5) is 48.5. The van der Waals surface area contributed by atoms with Gasteiger partial charge in [0.25, 0.3) is 5.91 Å². The number of aromatic nitrogens is 1. The third kappa shape index (κ3) is 8.06. The molecule has 0 saturated carbocycles. The Balaban J connectivity index is 1.19. The molecular formula is C39H47Cl2N5O7. The number of ether oxygens (including phenoxy) is 3. The standard InChI is InChI=1S/C39H47Cl2N5O7/c1-51-32-20-27(21-33(52-2)34(32)53-3)35(47)45-19-11-38(25-45,28-8-9-30(40)31(41)22-28)10-16-44-17-12-39(13-18-44,29-7-4-14-42-23-29)37(50)43-46-15-5-6-26(24-46)36(48)49/h4,7-9,14,20-23,26H,5-6,10-13,15-19,24-25H2,1-3H3,(H,43,50)(H,48,49). The van der Waals surface area contributed by atoms with Gasteiger partial charge in [0.05, 0.1) is 42.7 Å². The first kappa shape index (κ1) is 38.6. The van der Waals surface area contributed by atoms with Crippen molar-refractivity contribution >= 4 is 41.0 Å². The second-order valence-corrected chi connectivity index (χ2v) is 15.1. The van der Waals surface area contributed by atoms with Crippen molar-refractivity contribution in [1.82, 2.24) is 25.2 Å². The highest BCUT2D eigenvalue weighted by atomic mass is 35.5. The van der Waals surface area contributed by atoms with Crippen LogP contribution in [0.2, 0.25) is 10.0 Å². The molecular weight excluding hydrogens is 721 g/mol. The Bertz CT molecular complexity index is 1780. The van der Waals surface area contributed by atoms with E-state index in [4.69, 9.17) is 37.4 Å². The van der Waals surface area contributed by atoms with E-state index in [0.29, 0.717) is 91.3 Å². The van der Waals surface area contributed by atoms with E-state index >= 15 is 0 Å². The molecule has 53 heavy (non-hydrogen) atoms. The monoisotopic (exact) mass is 767 g/mol. The Hall–Kier alpha value is -4.10. The highest BCUT2D eigenvalue weighted by molar-refractivity contribution is 6.42. The van der Waals surface area contributed by atoms with E-state index < -0.39 is 22.7 Å². The van der Waals surface area contributed by atoms with Gasteiger partial charge in [-0.15, -0.1) is 0 Å². The number of rotatable bonds is 12. The van der Waals surface area contributed by atoms with Gasteiger partial charge in [-0.05, 0) is 99.6 Å². The average molecular weight is 769 g/mol. The molecule has 2 amide bonds. The topological polar surface area (TPSA) is 134 Å². The number of nitrogens with zero attached hydrogens (tertiary/aromatic N) is 4. The molecule has 1 aromatic heterocycles. The van der Waals surface area contributed by atoms with Gasteiger partial charge in [0.2, 0.25) is 11.7 Å². The molecule has 3 aromatic rings. The highest BCUT2D eigenvalue weighted by Crippen LogP contribution is 2.43. The van der Waals surface area contributed by atoms with Crippen molar-refractivity contribution in [3.63, 3.8) is 0 Å². The fourth-order valence-corrected chi connectivity index (χ4v) is 8.50. The Kier molecular flexibility index (Phi) is 12.0. The second kappa shape index (κ2) is 16.5. The number of aliphatic carboxylic acids is 1. The maximum absolute atomic E-state index is 14.1. The van der Waals surface area contributed by atoms with Crippen LogP contribution in [0, 0.1) is 5.92 Å². The van der Waals surface area contributed by atoms with Gasteiger partial charge >= 0.3 is 5.97 Å². The Morgan fingerprint density at radius 1 is 0.925 bits per heavy atom. The van der Waals surface area contributed by atoms with E-state index in [2.05, 4.69) is 15.3 Å². The zero-order chi connectivity index (χ0) is 37.8. The van der Waals surface area contributed by atoms with Crippen molar-refractivity contribution in [2.75, 3.05) is 67.1 Å². The second-order valence-electron chi connectivity index (χ2n) is 14.3. The van der Waals surface area contributed by atoms with Gasteiger partial charge in [-0.3, -0.25) is 24.8 Å². The van der Waals surface area contributed by atoms with Crippen molar-refractivity contribution in [3.05, 3.63) is 81.6 Å². The SMILES string of the molecule is COc1cc(C(=O)N2CCC(CCN3CCC(C(=O)NN4CCCC(C(=O)O)C4)(c4cccnc4)CC3)(c3ccc(Cl)c(Cl)c3)C2)cc(OC)c1OC. The Morgan fingerprint density at radius 3 is 2.28 bits per heavy atom. The van der Waals surface area contributed by atoms with Gasteiger partial charge in [0.1, 0.15) is 0 Å². The third-order valence-electron chi connectivity index (χ3n) is 11.4. The molecule has 6 rings (SSSR count). The number of carbonyl (C=O) groups excluding carboxylic acids is 2. The van der Waals surface area contributed by atoms with Crippen LogP contribution in [0.5, 0.6) is 17.2 Å². The van der Waals surface area contributed by atoms with Crippen molar-refractivity contribution < 1.29 is 33.7 Å². The summed E-state index contributed by atoms with van der Waals surface area (Å²) < 4.78 is 16.5. The van der Waals surface area contributed by atoms with Crippen LogP contribution >= 0.6 is 23.2 Å². The van der Waals surface area contributed by atoms with Crippen molar-refractivity contribution in [2.45, 2.75) is 49.4 Å². The predicted molar refractivity (Wildman–Crippen MR) is 201 cm³/mol. The van der Waals surface area contributed by atoms with E-state index in [1.165, 1.54) is 21.3 Å². The van der Waals surface area contributed by atoms with Crippen molar-refractivity contribution in [3.8, 4) is 17.2 Å². The first-order chi connectivity index (χ1) is 25.5. The van der Waals surface area contributed by atoms with Crippen LogP contribution in [0.25, 0.3) is 0 Å². The molecule has 284 valence electrons.